The second-order valence-corrected chi connectivity index (χ2v) is 8.82. The molecule has 1 aromatic rings. The Hall–Kier alpha value is -1.11. The zero-order chi connectivity index (χ0) is 18.2. The van der Waals surface area contributed by atoms with Gasteiger partial charge in [-0.25, -0.2) is 4.39 Å². The van der Waals surface area contributed by atoms with Crippen LogP contribution in [0.5, 0.6) is 0 Å². The molecule has 0 aromatic heterocycles. The van der Waals surface area contributed by atoms with Crippen molar-refractivity contribution in [2.24, 2.45) is 17.8 Å². The highest BCUT2D eigenvalue weighted by molar-refractivity contribution is 5.26. The van der Waals surface area contributed by atoms with E-state index in [1.54, 1.807) is 11.6 Å². The predicted octanol–water partition coefficient (Wildman–Crippen LogP) is 7.98. The molecule has 0 amide bonds. The van der Waals surface area contributed by atoms with Crippen molar-refractivity contribution in [2.45, 2.75) is 89.9 Å². The van der Waals surface area contributed by atoms with E-state index in [0.717, 1.165) is 30.1 Å². The van der Waals surface area contributed by atoms with E-state index in [1.807, 2.05) is 0 Å². The number of halogens is 1. The zero-order valence-electron chi connectivity index (χ0n) is 16.6. The van der Waals surface area contributed by atoms with Crippen molar-refractivity contribution < 1.29 is 4.39 Å². The average Bonchev–Trinajstić information content (AvgIpc) is 2.70. The lowest BCUT2D eigenvalue weighted by Gasteiger charge is -2.38. The second-order valence-electron chi connectivity index (χ2n) is 8.82. The minimum absolute atomic E-state index is 0.710. The van der Waals surface area contributed by atoms with Crippen LogP contribution in [0.25, 0.3) is 0 Å². The first-order valence-corrected chi connectivity index (χ1v) is 11.1. The number of hydrogen-bond acceptors (Lipinski definition) is 0. The molecule has 0 N–H and O–H groups in total. The maximum Gasteiger partial charge on any atom is 0.0827 e. The van der Waals surface area contributed by atoms with Gasteiger partial charge in [0.05, 0.1) is 6.33 Å². The van der Waals surface area contributed by atoms with E-state index in [9.17, 15) is 4.39 Å². The molecular formula is C25H37F. The third-order valence-electron chi connectivity index (χ3n) is 7.15. The van der Waals surface area contributed by atoms with Gasteiger partial charge in [-0.05, 0) is 92.6 Å². The molecule has 0 unspecified atom stereocenters. The molecule has 2 aliphatic rings. The van der Waals surface area contributed by atoms with E-state index in [4.69, 9.17) is 0 Å². The summed E-state index contributed by atoms with van der Waals surface area (Å²) in [5, 5.41) is 0. The molecule has 0 spiro atoms. The van der Waals surface area contributed by atoms with Gasteiger partial charge in [-0.1, -0.05) is 56.5 Å². The van der Waals surface area contributed by atoms with Gasteiger partial charge in [0.15, 0.2) is 0 Å². The van der Waals surface area contributed by atoms with Crippen LogP contribution in [-0.2, 0) is 6.42 Å². The highest BCUT2D eigenvalue weighted by Crippen LogP contribution is 2.44. The minimum Gasteiger partial charge on any atom is -0.216 e. The molecule has 144 valence electrons. The van der Waals surface area contributed by atoms with Crippen molar-refractivity contribution in [1.29, 1.82) is 0 Å². The van der Waals surface area contributed by atoms with E-state index in [2.05, 4.69) is 31.2 Å². The van der Waals surface area contributed by atoms with Crippen molar-refractivity contribution in [3.63, 3.8) is 0 Å². The van der Waals surface area contributed by atoms with Gasteiger partial charge in [0, 0.05) is 0 Å². The fraction of sp³-hybridized carbons (Fsp3) is 0.680. The second kappa shape index (κ2) is 10.3. The molecule has 0 aliphatic heterocycles. The quantitative estimate of drug-likeness (QED) is 0.464. The summed E-state index contributed by atoms with van der Waals surface area (Å²) in [6.45, 7) is 2.25. The summed E-state index contributed by atoms with van der Waals surface area (Å²) < 4.78 is 12.1. The van der Waals surface area contributed by atoms with Crippen molar-refractivity contribution in [3.05, 3.63) is 47.8 Å². The lowest BCUT2D eigenvalue weighted by molar-refractivity contribution is 0.157. The Labute approximate surface area is 160 Å². The van der Waals surface area contributed by atoms with Crippen LogP contribution in [0.2, 0.25) is 0 Å². The van der Waals surface area contributed by atoms with Gasteiger partial charge in [-0.3, -0.25) is 0 Å². The van der Waals surface area contributed by atoms with E-state index in [-0.39, 0.29) is 0 Å². The van der Waals surface area contributed by atoms with E-state index in [0.29, 0.717) is 6.33 Å². The van der Waals surface area contributed by atoms with Crippen LogP contribution in [0.3, 0.4) is 0 Å². The summed E-state index contributed by atoms with van der Waals surface area (Å²) in [6.07, 6.45) is 18.2. The van der Waals surface area contributed by atoms with E-state index < -0.39 is 0 Å². The topological polar surface area (TPSA) is 0 Å². The largest absolute Gasteiger partial charge is 0.216 e. The van der Waals surface area contributed by atoms with E-state index in [1.165, 1.54) is 76.2 Å². The summed E-state index contributed by atoms with van der Waals surface area (Å²) >= 11 is 0. The zero-order valence-corrected chi connectivity index (χ0v) is 16.6. The van der Waals surface area contributed by atoms with Crippen molar-refractivity contribution in [1.82, 2.24) is 0 Å². The first-order valence-electron chi connectivity index (χ1n) is 11.1. The van der Waals surface area contributed by atoms with Gasteiger partial charge in [0.1, 0.15) is 0 Å². The Morgan fingerprint density at radius 3 is 2.08 bits per heavy atom. The summed E-state index contributed by atoms with van der Waals surface area (Å²) in [5.74, 6) is 3.58. The van der Waals surface area contributed by atoms with Gasteiger partial charge in [0.25, 0.3) is 0 Å². The van der Waals surface area contributed by atoms with Crippen LogP contribution >= 0.6 is 0 Å². The molecule has 0 bridgehead atoms. The Morgan fingerprint density at radius 1 is 0.885 bits per heavy atom. The van der Waals surface area contributed by atoms with Crippen LogP contribution in [0, 0.1) is 17.8 Å². The summed E-state index contributed by atoms with van der Waals surface area (Å²) in [7, 11) is 0. The fourth-order valence-corrected chi connectivity index (χ4v) is 5.51. The summed E-state index contributed by atoms with van der Waals surface area (Å²) in [4.78, 5) is 0. The summed E-state index contributed by atoms with van der Waals surface area (Å²) in [6, 6.07) is 9.49. The number of rotatable bonds is 7. The predicted molar refractivity (Wildman–Crippen MR) is 110 cm³/mol. The molecule has 26 heavy (non-hydrogen) atoms. The number of aryl methyl sites for hydroxylation is 1. The van der Waals surface area contributed by atoms with Crippen molar-refractivity contribution >= 4 is 0 Å². The van der Waals surface area contributed by atoms with Gasteiger partial charge in [0.2, 0.25) is 0 Å². The van der Waals surface area contributed by atoms with E-state index >= 15 is 0 Å². The third kappa shape index (κ3) is 5.44. The molecule has 2 saturated carbocycles. The number of benzene rings is 1. The molecule has 2 aliphatic carbocycles. The molecule has 1 heteroatoms. The lowest BCUT2D eigenvalue weighted by Crippen LogP contribution is -2.25. The monoisotopic (exact) mass is 356 g/mol. The van der Waals surface area contributed by atoms with Gasteiger partial charge < -0.3 is 0 Å². The fourth-order valence-electron chi connectivity index (χ4n) is 5.51. The smallest absolute Gasteiger partial charge is 0.0827 e. The summed E-state index contributed by atoms with van der Waals surface area (Å²) in [5.41, 5.74) is 3.07. The normalized spacial score (nSPS) is 29.9. The van der Waals surface area contributed by atoms with Gasteiger partial charge >= 0.3 is 0 Å². The van der Waals surface area contributed by atoms with Crippen LogP contribution in [0.4, 0.5) is 4.39 Å². The van der Waals surface area contributed by atoms with Crippen LogP contribution in [-0.4, -0.2) is 0 Å². The lowest BCUT2D eigenvalue weighted by atomic mass is 9.68. The molecule has 0 heterocycles. The SMILES string of the molecule is CCCc1ccc([C@H]2CC[C@H]([C@H]3CC[C@H](CCC=CF)CC3)CC2)cc1. The first-order chi connectivity index (χ1) is 12.8. The molecule has 0 atom stereocenters. The Morgan fingerprint density at radius 2 is 1.50 bits per heavy atom. The maximum atomic E-state index is 12.1. The molecule has 0 nitrogen and oxygen atoms in total. The van der Waals surface area contributed by atoms with Crippen LogP contribution < -0.4 is 0 Å². The molecule has 2 fully saturated rings. The van der Waals surface area contributed by atoms with Crippen LogP contribution in [0.15, 0.2) is 36.7 Å². The minimum atomic E-state index is 0.710. The van der Waals surface area contributed by atoms with Gasteiger partial charge in [-0.15, -0.1) is 0 Å². The average molecular weight is 357 g/mol. The number of hydrogen-bond donors (Lipinski definition) is 0. The molecule has 1 aromatic carbocycles. The Kier molecular flexibility index (Phi) is 7.77. The Bertz CT molecular complexity index is 528. The van der Waals surface area contributed by atoms with Crippen LogP contribution in [0.1, 0.15) is 94.6 Å². The highest BCUT2D eigenvalue weighted by Gasteiger charge is 2.31. The van der Waals surface area contributed by atoms with Gasteiger partial charge in [-0.2, -0.15) is 0 Å². The standard InChI is InChI=1S/C25H37F/c1-2-5-20-7-11-22(12-8-20)24-15-17-25(18-16-24)23-13-9-21(10-14-23)6-3-4-19-26/h4,7-8,11-12,19,21,23-25H,2-3,5-6,9-10,13-18H2,1H3/t21-,23-,24-,25-. The molecule has 0 radical (unpaired) electrons. The number of allylic oxidation sites excluding steroid dienone is 1. The van der Waals surface area contributed by atoms with Crippen molar-refractivity contribution in [3.8, 4) is 0 Å². The first kappa shape index (κ1) is 19.6. The molecule has 0 saturated heterocycles. The third-order valence-corrected chi connectivity index (χ3v) is 7.15. The highest BCUT2D eigenvalue weighted by atomic mass is 19.1. The Balaban J connectivity index is 1.41. The maximum absolute atomic E-state index is 12.1. The van der Waals surface area contributed by atoms with Crippen molar-refractivity contribution in [2.75, 3.05) is 0 Å². The molecular weight excluding hydrogens is 319 g/mol. The molecule has 3 rings (SSSR count).